The highest BCUT2D eigenvalue weighted by Crippen LogP contribution is 2.17. The number of aryl methyl sites for hydroxylation is 1. The molecule has 0 spiro atoms. The standard InChI is InChI=1S/C13H16N2O2/c16-13(17)6-2-4-11-3-1-5-12(9-11)15-8-7-14-10-15/h1,3,5,9-10H,2,4,6-8H2,(H,16,17). The fourth-order valence-corrected chi connectivity index (χ4v) is 1.91. The van der Waals surface area contributed by atoms with Crippen LogP contribution in [0.5, 0.6) is 0 Å². The van der Waals surface area contributed by atoms with Gasteiger partial charge in [-0.3, -0.25) is 9.79 Å². The molecule has 0 aliphatic carbocycles. The Morgan fingerprint density at radius 2 is 2.35 bits per heavy atom. The van der Waals surface area contributed by atoms with Crippen LogP contribution in [0.4, 0.5) is 5.69 Å². The van der Waals surface area contributed by atoms with Gasteiger partial charge in [-0.05, 0) is 30.5 Å². The molecule has 90 valence electrons. The van der Waals surface area contributed by atoms with Gasteiger partial charge in [0, 0.05) is 18.7 Å². The minimum Gasteiger partial charge on any atom is -0.481 e. The molecule has 1 heterocycles. The molecular formula is C13H16N2O2. The fourth-order valence-electron chi connectivity index (χ4n) is 1.91. The lowest BCUT2D eigenvalue weighted by atomic mass is 10.1. The van der Waals surface area contributed by atoms with Crippen LogP contribution < -0.4 is 4.90 Å². The number of benzene rings is 1. The van der Waals surface area contributed by atoms with Crippen molar-refractivity contribution in [1.29, 1.82) is 0 Å². The Morgan fingerprint density at radius 3 is 3.06 bits per heavy atom. The Labute approximate surface area is 101 Å². The van der Waals surface area contributed by atoms with E-state index >= 15 is 0 Å². The summed E-state index contributed by atoms with van der Waals surface area (Å²) in [5.41, 5.74) is 2.32. The van der Waals surface area contributed by atoms with Gasteiger partial charge in [0.15, 0.2) is 0 Å². The smallest absolute Gasteiger partial charge is 0.303 e. The predicted octanol–water partition coefficient (Wildman–Crippen LogP) is 1.94. The highest BCUT2D eigenvalue weighted by Gasteiger charge is 2.08. The van der Waals surface area contributed by atoms with Crippen LogP contribution in [0.25, 0.3) is 0 Å². The molecule has 0 saturated carbocycles. The highest BCUT2D eigenvalue weighted by atomic mass is 16.4. The van der Waals surface area contributed by atoms with Crippen LogP contribution in [0.2, 0.25) is 0 Å². The number of rotatable bonds is 5. The molecule has 0 aromatic heterocycles. The lowest BCUT2D eigenvalue weighted by Gasteiger charge is -2.14. The number of aliphatic carboxylic acids is 1. The van der Waals surface area contributed by atoms with Crippen molar-refractivity contribution in [3.63, 3.8) is 0 Å². The lowest BCUT2D eigenvalue weighted by Crippen LogP contribution is -2.18. The zero-order valence-corrected chi connectivity index (χ0v) is 9.67. The maximum atomic E-state index is 10.4. The summed E-state index contributed by atoms with van der Waals surface area (Å²) in [5, 5.41) is 8.59. The van der Waals surface area contributed by atoms with E-state index in [0.29, 0.717) is 6.42 Å². The van der Waals surface area contributed by atoms with Crippen LogP contribution >= 0.6 is 0 Å². The van der Waals surface area contributed by atoms with Gasteiger partial charge in [-0.2, -0.15) is 0 Å². The molecule has 1 aliphatic heterocycles. The van der Waals surface area contributed by atoms with Gasteiger partial charge < -0.3 is 10.0 Å². The molecule has 1 aromatic rings. The maximum Gasteiger partial charge on any atom is 0.303 e. The lowest BCUT2D eigenvalue weighted by molar-refractivity contribution is -0.137. The molecule has 1 aliphatic rings. The summed E-state index contributed by atoms with van der Waals surface area (Å²) in [6.07, 6.45) is 3.59. The first kappa shape index (κ1) is 11.6. The molecular weight excluding hydrogens is 216 g/mol. The first-order valence-electron chi connectivity index (χ1n) is 5.83. The minimum absolute atomic E-state index is 0.232. The second kappa shape index (κ2) is 5.48. The second-order valence-corrected chi connectivity index (χ2v) is 4.13. The van der Waals surface area contributed by atoms with Crippen LogP contribution in [-0.2, 0) is 11.2 Å². The van der Waals surface area contributed by atoms with Crippen molar-refractivity contribution in [3.05, 3.63) is 29.8 Å². The molecule has 0 fully saturated rings. The van der Waals surface area contributed by atoms with Crippen molar-refractivity contribution in [2.75, 3.05) is 18.0 Å². The van der Waals surface area contributed by atoms with Crippen molar-refractivity contribution in [2.24, 2.45) is 4.99 Å². The normalized spacial score (nSPS) is 14.2. The van der Waals surface area contributed by atoms with E-state index in [4.69, 9.17) is 5.11 Å². The molecule has 17 heavy (non-hydrogen) atoms. The van der Waals surface area contributed by atoms with E-state index in [1.807, 2.05) is 18.5 Å². The molecule has 0 saturated heterocycles. The van der Waals surface area contributed by atoms with Crippen molar-refractivity contribution >= 4 is 18.0 Å². The number of aliphatic imine (C=N–C) groups is 1. The first-order valence-corrected chi connectivity index (χ1v) is 5.83. The zero-order valence-electron chi connectivity index (χ0n) is 9.67. The molecule has 4 heteroatoms. The molecule has 2 rings (SSSR count). The molecule has 0 bridgehead atoms. The molecule has 1 aromatic carbocycles. The molecule has 1 N–H and O–H groups in total. The van der Waals surface area contributed by atoms with Gasteiger partial charge in [0.2, 0.25) is 0 Å². The van der Waals surface area contributed by atoms with E-state index in [2.05, 4.69) is 22.0 Å². The molecule has 0 atom stereocenters. The summed E-state index contributed by atoms with van der Waals surface area (Å²) in [4.78, 5) is 16.7. The Kier molecular flexibility index (Phi) is 3.75. The van der Waals surface area contributed by atoms with Crippen LogP contribution in [0.3, 0.4) is 0 Å². The number of carboxylic acid groups (broad SMARTS) is 1. The summed E-state index contributed by atoms with van der Waals surface area (Å²) in [6.45, 7) is 1.78. The minimum atomic E-state index is -0.729. The van der Waals surface area contributed by atoms with Crippen LogP contribution in [0, 0.1) is 0 Å². The van der Waals surface area contributed by atoms with E-state index < -0.39 is 5.97 Å². The number of hydrogen-bond acceptors (Lipinski definition) is 3. The monoisotopic (exact) mass is 232 g/mol. The third-order valence-corrected chi connectivity index (χ3v) is 2.79. The number of carboxylic acids is 1. The number of carbonyl (C=O) groups is 1. The summed E-state index contributed by atoms with van der Waals surface area (Å²) < 4.78 is 0. The Morgan fingerprint density at radius 1 is 1.47 bits per heavy atom. The van der Waals surface area contributed by atoms with Gasteiger partial charge in [0.05, 0.1) is 12.9 Å². The highest BCUT2D eigenvalue weighted by molar-refractivity contribution is 5.81. The van der Waals surface area contributed by atoms with Crippen LogP contribution in [0.15, 0.2) is 29.3 Å². The Balaban J connectivity index is 1.96. The zero-order chi connectivity index (χ0) is 12.1. The van der Waals surface area contributed by atoms with Gasteiger partial charge in [0.25, 0.3) is 0 Å². The Bertz CT molecular complexity index is 429. The molecule has 0 amide bonds. The second-order valence-electron chi connectivity index (χ2n) is 4.13. The summed E-state index contributed by atoms with van der Waals surface area (Å²) in [6, 6.07) is 8.22. The quantitative estimate of drug-likeness (QED) is 0.844. The van der Waals surface area contributed by atoms with Crippen molar-refractivity contribution in [1.82, 2.24) is 0 Å². The maximum absolute atomic E-state index is 10.4. The average Bonchev–Trinajstić information content (AvgIpc) is 2.82. The summed E-state index contributed by atoms with van der Waals surface area (Å²) in [7, 11) is 0. The van der Waals surface area contributed by atoms with E-state index in [1.165, 1.54) is 5.56 Å². The first-order chi connectivity index (χ1) is 8.25. The molecule has 0 unspecified atom stereocenters. The molecule has 0 radical (unpaired) electrons. The van der Waals surface area contributed by atoms with Crippen molar-refractivity contribution in [2.45, 2.75) is 19.3 Å². The number of nitrogens with zero attached hydrogens (tertiary/aromatic N) is 2. The number of hydrogen-bond donors (Lipinski definition) is 1. The van der Waals surface area contributed by atoms with E-state index in [1.54, 1.807) is 0 Å². The van der Waals surface area contributed by atoms with E-state index in [0.717, 1.165) is 25.2 Å². The SMILES string of the molecule is O=C(O)CCCc1cccc(N2C=NCC2)c1. The van der Waals surface area contributed by atoms with Gasteiger partial charge in [-0.25, -0.2) is 0 Å². The largest absolute Gasteiger partial charge is 0.481 e. The van der Waals surface area contributed by atoms with E-state index in [-0.39, 0.29) is 6.42 Å². The fraction of sp³-hybridized carbons (Fsp3) is 0.385. The van der Waals surface area contributed by atoms with Crippen molar-refractivity contribution < 1.29 is 9.90 Å². The third kappa shape index (κ3) is 3.31. The third-order valence-electron chi connectivity index (χ3n) is 2.79. The number of anilines is 1. The predicted molar refractivity (Wildman–Crippen MR) is 67.7 cm³/mol. The van der Waals surface area contributed by atoms with Gasteiger partial charge in [-0.1, -0.05) is 12.1 Å². The Hall–Kier alpha value is -1.84. The summed E-state index contributed by atoms with van der Waals surface area (Å²) in [5.74, 6) is -0.729. The summed E-state index contributed by atoms with van der Waals surface area (Å²) >= 11 is 0. The van der Waals surface area contributed by atoms with Crippen LogP contribution in [-0.4, -0.2) is 30.5 Å². The average molecular weight is 232 g/mol. The van der Waals surface area contributed by atoms with Gasteiger partial charge >= 0.3 is 5.97 Å². The van der Waals surface area contributed by atoms with E-state index in [9.17, 15) is 4.79 Å². The van der Waals surface area contributed by atoms with Gasteiger partial charge in [-0.15, -0.1) is 0 Å². The van der Waals surface area contributed by atoms with Crippen molar-refractivity contribution in [3.8, 4) is 0 Å². The van der Waals surface area contributed by atoms with Crippen LogP contribution in [0.1, 0.15) is 18.4 Å². The molecule has 4 nitrogen and oxygen atoms in total. The topological polar surface area (TPSA) is 52.9 Å². The van der Waals surface area contributed by atoms with Gasteiger partial charge in [0.1, 0.15) is 0 Å².